The van der Waals surface area contributed by atoms with Crippen molar-refractivity contribution in [3.63, 3.8) is 0 Å². The van der Waals surface area contributed by atoms with Crippen LogP contribution in [0.4, 0.5) is 5.69 Å². The Morgan fingerprint density at radius 1 is 1.07 bits per heavy atom. The number of ether oxygens (including phenoxy) is 1. The summed E-state index contributed by atoms with van der Waals surface area (Å²) in [5.41, 5.74) is 2.62. The molecular weight excluding hydrogens is 340 g/mol. The SMILES string of the molecule is COc1cccc(C(=O)NCCN(C(C)=O)c2ccc(C(C)(C)C)cc2)c1. The van der Waals surface area contributed by atoms with Crippen LogP contribution in [0.15, 0.2) is 48.5 Å². The normalized spacial score (nSPS) is 11.0. The third-order valence-electron chi connectivity index (χ3n) is 4.38. The van der Waals surface area contributed by atoms with E-state index >= 15 is 0 Å². The Morgan fingerprint density at radius 2 is 1.74 bits per heavy atom. The fraction of sp³-hybridized carbons (Fsp3) is 0.364. The standard InChI is InChI=1S/C22H28N2O3/c1-16(25)24(19-11-9-18(10-12-19)22(2,3)4)14-13-23-21(26)17-7-6-8-20(15-17)27-5/h6-12,15H,13-14H2,1-5H3,(H,23,26). The van der Waals surface area contributed by atoms with Gasteiger partial charge in [0.15, 0.2) is 0 Å². The van der Waals surface area contributed by atoms with Gasteiger partial charge in [-0.1, -0.05) is 39.0 Å². The number of benzene rings is 2. The van der Waals surface area contributed by atoms with Crippen LogP contribution in [0.2, 0.25) is 0 Å². The van der Waals surface area contributed by atoms with Gasteiger partial charge in [-0.3, -0.25) is 9.59 Å². The van der Waals surface area contributed by atoms with Crippen molar-refractivity contribution < 1.29 is 14.3 Å². The minimum absolute atomic E-state index is 0.0598. The van der Waals surface area contributed by atoms with Crippen LogP contribution in [0, 0.1) is 0 Å². The number of anilines is 1. The van der Waals surface area contributed by atoms with Gasteiger partial charge in [0.2, 0.25) is 5.91 Å². The van der Waals surface area contributed by atoms with E-state index in [2.05, 4.69) is 26.1 Å². The van der Waals surface area contributed by atoms with E-state index < -0.39 is 0 Å². The van der Waals surface area contributed by atoms with E-state index in [1.165, 1.54) is 12.5 Å². The fourth-order valence-corrected chi connectivity index (χ4v) is 2.76. The predicted octanol–water partition coefficient (Wildman–Crippen LogP) is 3.78. The highest BCUT2D eigenvalue weighted by atomic mass is 16.5. The maximum atomic E-state index is 12.3. The molecule has 2 rings (SSSR count). The number of hydrogen-bond donors (Lipinski definition) is 1. The lowest BCUT2D eigenvalue weighted by molar-refractivity contribution is -0.116. The number of nitrogens with zero attached hydrogens (tertiary/aromatic N) is 1. The predicted molar refractivity (Wildman–Crippen MR) is 108 cm³/mol. The quantitative estimate of drug-likeness (QED) is 0.844. The summed E-state index contributed by atoms with van der Waals surface area (Å²) < 4.78 is 5.14. The molecule has 0 spiro atoms. The number of rotatable bonds is 6. The van der Waals surface area contributed by atoms with E-state index in [-0.39, 0.29) is 17.2 Å². The molecule has 27 heavy (non-hydrogen) atoms. The third-order valence-corrected chi connectivity index (χ3v) is 4.38. The molecule has 0 saturated carbocycles. The van der Waals surface area contributed by atoms with Gasteiger partial charge in [-0.25, -0.2) is 0 Å². The molecule has 2 amide bonds. The van der Waals surface area contributed by atoms with Crippen LogP contribution in [0.3, 0.4) is 0 Å². The lowest BCUT2D eigenvalue weighted by atomic mass is 9.87. The molecule has 0 bridgehead atoms. The zero-order valence-corrected chi connectivity index (χ0v) is 16.7. The summed E-state index contributed by atoms with van der Waals surface area (Å²) in [5.74, 6) is 0.376. The van der Waals surface area contributed by atoms with E-state index in [1.807, 2.05) is 24.3 Å². The Kier molecular flexibility index (Phi) is 6.61. The highest BCUT2D eigenvalue weighted by molar-refractivity contribution is 5.95. The number of carbonyl (C=O) groups is 2. The number of carbonyl (C=O) groups excluding carboxylic acids is 2. The lowest BCUT2D eigenvalue weighted by Crippen LogP contribution is -2.37. The molecule has 0 aliphatic carbocycles. The Balaban J connectivity index is 2.00. The van der Waals surface area contributed by atoms with Gasteiger partial charge < -0.3 is 15.0 Å². The molecule has 0 radical (unpaired) electrons. The van der Waals surface area contributed by atoms with Gasteiger partial charge in [0.25, 0.3) is 5.91 Å². The maximum Gasteiger partial charge on any atom is 0.251 e. The van der Waals surface area contributed by atoms with Gasteiger partial charge in [-0.05, 0) is 41.3 Å². The summed E-state index contributed by atoms with van der Waals surface area (Å²) in [5, 5.41) is 2.85. The van der Waals surface area contributed by atoms with Crippen molar-refractivity contribution in [2.24, 2.45) is 0 Å². The Labute approximate surface area is 161 Å². The average Bonchev–Trinajstić information content (AvgIpc) is 2.64. The molecule has 5 nitrogen and oxygen atoms in total. The Hall–Kier alpha value is -2.82. The lowest BCUT2D eigenvalue weighted by Gasteiger charge is -2.24. The minimum Gasteiger partial charge on any atom is -0.497 e. The molecule has 0 fully saturated rings. The molecular formula is C22H28N2O3. The third kappa shape index (κ3) is 5.58. The molecule has 5 heteroatoms. The van der Waals surface area contributed by atoms with Crippen LogP contribution in [0.1, 0.15) is 43.6 Å². The van der Waals surface area contributed by atoms with Crippen molar-refractivity contribution in [2.45, 2.75) is 33.1 Å². The Bertz CT molecular complexity index is 792. The Morgan fingerprint density at radius 3 is 2.30 bits per heavy atom. The second-order valence-corrected chi connectivity index (χ2v) is 7.46. The second kappa shape index (κ2) is 8.71. The molecule has 0 atom stereocenters. The van der Waals surface area contributed by atoms with Crippen molar-refractivity contribution in [3.8, 4) is 5.75 Å². The summed E-state index contributed by atoms with van der Waals surface area (Å²) in [6.07, 6.45) is 0. The summed E-state index contributed by atoms with van der Waals surface area (Å²) in [6, 6.07) is 15.0. The first-order valence-electron chi connectivity index (χ1n) is 9.03. The molecule has 2 aromatic rings. The highest BCUT2D eigenvalue weighted by Crippen LogP contribution is 2.25. The summed E-state index contributed by atoms with van der Waals surface area (Å²) in [4.78, 5) is 26.0. The largest absolute Gasteiger partial charge is 0.497 e. The number of methoxy groups -OCH3 is 1. The van der Waals surface area contributed by atoms with Crippen molar-refractivity contribution in [3.05, 3.63) is 59.7 Å². The van der Waals surface area contributed by atoms with Gasteiger partial charge in [0.05, 0.1) is 7.11 Å². The first-order chi connectivity index (χ1) is 12.7. The molecule has 1 N–H and O–H groups in total. The number of amides is 2. The van der Waals surface area contributed by atoms with Gasteiger partial charge >= 0.3 is 0 Å². The second-order valence-electron chi connectivity index (χ2n) is 7.46. The maximum absolute atomic E-state index is 12.3. The summed E-state index contributed by atoms with van der Waals surface area (Å²) in [6.45, 7) is 8.74. The molecule has 144 valence electrons. The van der Waals surface area contributed by atoms with Gasteiger partial charge in [-0.15, -0.1) is 0 Å². The molecule has 2 aromatic carbocycles. The van der Waals surface area contributed by atoms with Crippen LogP contribution >= 0.6 is 0 Å². The zero-order chi connectivity index (χ0) is 20.0. The van der Waals surface area contributed by atoms with Gasteiger partial charge in [0, 0.05) is 31.3 Å². The van der Waals surface area contributed by atoms with Crippen molar-refractivity contribution in [1.29, 1.82) is 0 Å². The minimum atomic E-state index is -0.194. The van der Waals surface area contributed by atoms with E-state index in [1.54, 1.807) is 36.3 Å². The van der Waals surface area contributed by atoms with Gasteiger partial charge in [0.1, 0.15) is 5.75 Å². The summed E-state index contributed by atoms with van der Waals surface area (Å²) >= 11 is 0. The van der Waals surface area contributed by atoms with Crippen LogP contribution in [-0.4, -0.2) is 32.0 Å². The monoisotopic (exact) mass is 368 g/mol. The van der Waals surface area contributed by atoms with Crippen LogP contribution in [0.25, 0.3) is 0 Å². The van der Waals surface area contributed by atoms with Crippen LogP contribution in [-0.2, 0) is 10.2 Å². The molecule has 0 heterocycles. The molecule has 0 unspecified atom stereocenters. The fourth-order valence-electron chi connectivity index (χ4n) is 2.76. The number of nitrogens with one attached hydrogen (secondary N) is 1. The first kappa shape index (κ1) is 20.5. The van der Waals surface area contributed by atoms with E-state index in [4.69, 9.17) is 4.74 Å². The zero-order valence-electron chi connectivity index (χ0n) is 16.7. The van der Waals surface area contributed by atoms with E-state index in [9.17, 15) is 9.59 Å². The average molecular weight is 368 g/mol. The van der Waals surface area contributed by atoms with Crippen LogP contribution < -0.4 is 15.0 Å². The topological polar surface area (TPSA) is 58.6 Å². The highest BCUT2D eigenvalue weighted by Gasteiger charge is 2.16. The van der Waals surface area contributed by atoms with E-state index in [0.29, 0.717) is 24.4 Å². The smallest absolute Gasteiger partial charge is 0.251 e. The van der Waals surface area contributed by atoms with Crippen LogP contribution in [0.5, 0.6) is 5.75 Å². The molecule has 0 aliphatic rings. The molecule has 0 aliphatic heterocycles. The van der Waals surface area contributed by atoms with Crippen molar-refractivity contribution >= 4 is 17.5 Å². The van der Waals surface area contributed by atoms with Gasteiger partial charge in [-0.2, -0.15) is 0 Å². The molecule has 0 aromatic heterocycles. The van der Waals surface area contributed by atoms with Crippen molar-refractivity contribution in [2.75, 3.05) is 25.1 Å². The molecule has 0 saturated heterocycles. The summed E-state index contributed by atoms with van der Waals surface area (Å²) in [7, 11) is 1.56. The first-order valence-corrected chi connectivity index (χ1v) is 9.03. The van der Waals surface area contributed by atoms with Crippen molar-refractivity contribution in [1.82, 2.24) is 5.32 Å². The van der Waals surface area contributed by atoms with E-state index in [0.717, 1.165) is 5.69 Å². The number of hydrogen-bond acceptors (Lipinski definition) is 3.